The van der Waals surface area contributed by atoms with Gasteiger partial charge in [-0.2, -0.15) is 0 Å². The number of likely N-dealkylation sites (N-methyl/N-ethyl adjacent to an activating group) is 1. The first-order valence-electron chi connectivity index (χ1n) is 8.93. The van der Waals surface area contributed by atoms with Crippen LogP contribution in [-0.4, -0.2) is 47.0 Å². The summed E-state index contributed by atoms with van der Waals surface area (Å²) in [7, 11) is 1.78. The van der Waals surface area contributed by atoms with Crippen LogP contribution < -0.4 is 4.74 Å². The molecule has 1 aromatic heterocycles. The predicted octanol–water partition coefficient (Wildman–Crippen LogP) is 3.83. The van der Waals surface area contributed by atoms with Crippen LogP contribution in [0.4, 0.5) is 13.2 Å². The lowest BCUT2D eigenvalue weighted by molar-refractivity contribution is -0.274. The Bertz CT molecular complexity index is 958. The molecule has 146 valence electrons. The second-order valence-electron chi connectivity index (χ2n) is 7.07. The molecule has 2 aliphatic heterocycles. The van der Waals surface area contributed by atoms with Gasteiger partial charge in [0, 0.05) is 19.8 Å². The maximum atomic E-state index is 12.5. The minimum atomic E-state index is -4.74. The minimum absolute atomic E-state index is 0.0376. The van der Waals surface area contributed by atoms with Gasteiger partial charge >= 0.3 is 6.36 Å². The largest absolute Gasteiger partial charge is 0.573 e. The fraction of sp³-hybridized carbons (Fsp3) is 0.350. The number of rotatable bonds is 3. The Balaban J connectivity index is 1.63. The van der Waals surface area contributed by atoms with E-state index in [1.54, 1.807) is 36.3 Å². The SMILES string of the molecule is CN1CCC2(CCC(c3cc(-c4cccc(OC(F)(F)F)c4)ccn3)=N2)C1=O. The van der Waals surface area contributed by atoms with Gasteiger partial charge in [0.25, 0.3) is 0 Å². The number of hydrogen-bond donors (Lipinski definition) is 0. The number of likely N-dealkylation sites (tertiary alicyclic amines) is 1. The number of nitrogens with zero attached hydrogens (tertiary/aromatic N) is 3. The molecule has 0 N–H and O–H groups in total. The second-order valence-corrected chi connectivity index (χ2v) is 7.07. The number of amides is 1. The van der Waals surface area contributed by atoms with Crippen molar-refractivity contribution in [3.63, 3.8) is 0 Å². The van der Waals surface area contributed by atoms with Crippen molar-refractivity contribution in [2.75, 3.05) is 13.6 Å². The number of aromatic nitrogens is 1. The Morgan fingerprint density at radius 3 is 2.64 bits per heavy atom. The smallest absolute Gasteiger partial charge is 0.406 e. The zero-order valence-corrected chi connectivity index (χ0v) is 15.2. The van der Waals surface area contributed by atoms with Crippen LogP contribution in [0.5, 0.6) is 5.75 Å². The Labute approximate surface area is 159 Å². The lowest BCUT2D eigenvalue weighted by atomic mass is 9.95. The number of aliphatic imine (C=N–C) groups is 1. The molecule has 2 aliphatic rings. The van der Waals surface area contributed by atoms with Gasteiger partial charge in [-0.15, -0.1) is 13.2 Å². The first-order chi connectivity index (χ1) is 13.3. The summed E-state index contributed by atoms with van der Waals surface area (Å²) in [6, 6.07) is 9.30. The summed E-state index contributed by atoms with van der Waals surface area (Å²) in [5.41, 5.74) is 2.00. The zero-order valence-electron chi connectivity index (χ0n) is 15.2. The Kier molecular flexibility index (Phi) is 4.36. The summed E-state index contributed by atoms with van der Waals surface area (Å²) in [5.74, 6) is -0.240. The molecule has 3 heterocycles. The van der Waals surface area contributed by atoms with E-state index in [-0.39, 0.29) is 11.7 Å². The van der Waals surface area contributed by atoms with Crippen molar-refractivity contribution < 1.29 is 22.7 Å². The highest BCUT2D eigenvalue weighted by molar-refractivity contribution is 6.05. The van der Waals surface area contributed by atoms with E-state index in [0.717, 1.165) is 5.71 Å². The number of halogens is 3. The van der Waals surface area contributed by atoms with Crippen molar-refractivity contribution >= 4 is 11.6 Å². The normalized spacial score (nSPS) is 22.1. The molecular formula is C20H18F3N3O2. The van der Waals surface area contributed by atoms with E-state index < -0.39 is 11.9 Å². The summed E-state index contributed by atoms with van der Waals surface area (Å²) >= 11 is 0. The molecule has 28 heavy (non-hydrogen) atoms. The molecule has 1 amide bonds. The summed E-state index contributed by atoms with van der Waals surface area (Å²) in [4.78, 5) is 23.2. The average Bonchev–Trinajstić information content (AvgIpc) is 3.21. The molecule has 1 unspecified atom stereocenters. The second kappa shape index (κ2) is 6.61. The van der Waals surface area contributed by atoms with Gasteiger partial charge in [-0.25, -0.2) is 0 Å². The number of pyridine rings is 1. The standard InChI is InChI=1S/C20H18F3N3O2/c1-26-10-8-19(18(26)27)7-5-16(25-19)17-12-14(6-9-24-17)13-3-2-4-15(11-13)28-20(21,22)23/h2-4,6,9,11-12H,5,7-8,10H2,1H3. The van der Waals surface area contributed by atoms with E-state index in [2.05, 4.69) is 9.72 Å². The number of benzene rings is 1. The summed E-state index contributed by atoms with van der Waals surface area (Å²) in [6.45, 7) is 0.690. The highest BCUT2D eigenvalue weighted by atomic mass is 19.4. The number of alkyl halides is 3. The molecule has 0 radical (unpaired) electrons. The van der Waals surface area contributed by atoms with Crippen molar-refractivity contribution in [1.29, 1.82) is 0 Å². The van der Waals surface area contributed by atoms with E-state index >= 15 is 0 Å². The van der Waals surface area contributed by atoms with Gasteiger partial charge in [-0.3, -0.25) is 14.8 Å². The molecule has 4 rings (SSSR count). The molecule has 1 saturated heterocycles. The first kappa shape index (κ1) is 18.5. The third kappa shape index (κ3) is 3.46. The first-order valence-corrected chi connectivity index (χ1v) is 8.93. The monoisotopic (exact) mass is 389 g/mol. The van der Waals surface area contributed by atoms with Gasteiger partial charge < -0.3 is 9.64 Å². The topological polar surface area (TPSA) is 54.8 Å². The summed E-state index contributed by atoms with van der Waals surface area (Å²) < 4.78 is 41.4. The minimum Gasteiger partial charge on any atom is -0.406 e. The van der Waals surface area contributed by atoms with Crippen molar-refractivity contribution in [3.05, 3.63) is 48.3 Å². The van der Waals surface area contributed by atoms with E-state index in [1.807, 2.05) is 0 Å². The number of hydrogen-bond acceptors (Lipinski definition) is 4. The third-order valence-electron chi connectivity index (χ3n) is 5.19. The molecule has 0 bridgehead atoms. The van der Waals surface area contributed by atoms with Crippen molar-refractivity contribution in [3.8, 4) is 16.9 Å². The van der Waals surface area contributed by atoms with Crippen LogP contribution in [0.1, 0.15) is 25.0 Å². The predicted molar refractivity (Wildman–Crippen MR) is 97.1 cm³/mol. The molecule has 1 aromatic carbocycles. The molecule has 0 aliphatic carbocycles. The fourth-order valence-corrected chi connectivity index (χ4v) is 3.77. The van der Waals surface area contributed by atoms with Crippen LogP contribution >= 0.6 is 0 Å². The Morgan fingerprint density at radius 1 is 1.14 bits per heavy atom. The van der Waals surface area contributed by atoms with E-state index in [4.69, 9.17) is 4.99 Å². The molecule has 2 aromatic rings. The van der Waals surface area contributed by atoms with Gasteiger partial charge in [-0.1, -0.05) is 12.1 Å². The van der Waals surface area contributed by atoms with Crippen LogP contribution in [-0.2, 0) is 4.79 Å². The highest BCUT2D eigenvalue weighted by Crippen LogP contribution is 2.37. The van der Waals surface area contributed by atoms with Gasteiger partial charge in [0.2, 0.25) is 5.91 Å². The van der Waals surface area contributed by atoms with Crippen LogP contribution in [0, 0.1) is 0 Å². The average molecular weight is 389 g/mol. The van der Waals surface area contributed by atoms with Crippen molar-refractivity contribution in [2.24, 2.45) is 4.99 Å². The molecule has 1 fully saturated rings. The molecule has 1 spiro atoms. The number of carbonyl (C=O) groups is 1. The van der Waals surface area contributed by atoms with Gasteiger partial charge in [0.05, 0.1) is 11.4 Å². The maximum Gasteiger partial charge on any atom is 0.573 e. The lowest BCUT2D eigenvalue weighted by Gasteiger charge is -2.16. The number of carbonyl (C=O) groups excluding carboxylic acids is 1. The molecule has 1 atom stereocenters. The van der Waals surface area contributed by atoms with Crippen LogP contribution in [0.2, 0.25) is 0 Å². The summed E-state index contributed by atoms with van der Waals surface area (Å²) in [5, 5.41) is 0. The van der Waals surface area contributed by atoms with Crippen LogP contribution in [0.25, 0.3) is 11.1 Å². The van der Waals surface area contributed by atoms with Crippen molar-refractivity contribution in [1.82, 2.24) is 9.88 Å². The number of ether oxygens (including phenoxy) is 1. The highest BCUT2D eigenvalue weighted by Gasteiger charge is 2.48. The fourth-order valence-electron chi connectivity index (χ4n) is 3.77. The molecular weight excluding hydrogens is 371 g/mol. The Hall–Kier alpha value is -2.90. The van der Waals surface area contributed by atoms with Gasteiger partial charge in [0.15, 0.2) is 0 Å². The Morgan fingerprint density at radius 2 is 1.93 bits per heavy atom. The van der Waals surface area contributed by atoms with Gasteiger partial charge in [0.1, 0.15) is 11.3 Å². The van der Waals surface area contributed by atoms with Crippen molar-refractivity contribution in [2.45, 2.75) is 31.2 Å². The van der Waals surface area contributed by atoms with Gasteiger partial charge in [-0.05, 0) is 54.7 Å². The lowest BCUT2D eigenvalue weighted by Crippen LogP contribution is -2.35. The van der Waals surface area contributed by atoms with E-state index in [0.29, 0.717) is 42.6 Å². The van der Waals surface area contributed by atoms with Crippen LogP contribution in [0.3, 0.4) is 0 Å². The summed E-state index contributed by atoms with van der Waals surface area (Å²) in [6.07, 6.45) is -1.14. The van der Waals surface area contributed by atoms with E-state index in [9.17, 15) is 18.0 Å². The molecule has 0 saturated carbocycles. The van der Waals surface area contributed by atoms with E-state index in [1.165, 1.54) is 18.2 Å². The maximum absolute atomic E-state index is 12.5. The van der Waals surface area contributed by atoms with Crippen LogP contribution in [0.15, 0.2) is 47.6 Å². The molecule has 5 nitrogen and oxygen atoms in total. The zero-order chi connectivity index (χ0) is 19.9. The molecule has 8 heteroatoms. The quantitative estimate of drug-likeness (QED) is 0.802. The third-order valence-corrected chi connectivity index (χ3v) is 5.19.